The van der Waals surface area contributed by atoms with Crippen molar-refractivity contribution in [1.82, 2.24) is 9.19 Å². The number of halogens is 1. The van der Waals surface area contributed by atoms with Crippen molar-refractivity contribution in [2.24, 2.45) is 0 Å². The summed E-state index contributed by atoms with van der Waals surface area (Å²) in [5, 5.41) is 4.94. The molecule has 3 rings (SSSR count). The molecule has 7 heteroatoms. The standard InChI is InChI=1S/C15H14BrN3O2S/c1-9-3-5-11(6-4-9)22(20,21)19-15-8-14(17)13(16)7-12(15)10(2)18-19/h3-8H,17H2,1-2H3. The SMILES string of the molecule is Cc1ccc(S(=O)(=O)n2nc(C)c3cc(Br)c(N)cc32)cc1. The van der Waals surface area contributed by atoms with Crippen molar-refractivity contribution >= 4 is 42.5 Å². The van der Waals surface area contributed by atoms with E-state index in [4.69, 9.17) is 5.73 Å². The van der Waals surface area contributed by atoms with Crippen LogP contribution in [-0.4, -0.2) is 17.6 Å². The third-order valence-corrected chi connectivity index (χ3v) is 5.79. The van der Waals surface area contributed by atoms with Crippen molar-refractivity contribution in [2.75, 3.05) is 5.73 Å². The number of aryl methyl sites for hydroxylation is 2. The molecule has 0 fully saturated rings. The molecule has 0 aliphatic rings. The van der Waals surface area contributed by atoms with Crippen LogP contribution >= 0.6 is 15.9 Å². The lowest BCUT2D eigenvalue weighted by Crippen LogP contribution is -2.14. The van der Waals surface area contributed by atoms with Gasteiger partial charge in [-0.2, -0.15) is 17.6 Å². The molecule has 0 saturated heterocycles. The molecule has 0 atom stereocenters. The molecule has 0 saturated carbocycles. The smallest absolute Gasteiger partial charge is 0.283 e. The number of nitrogens with two attached hydrogens (primary N) is 1. The van der Waals surface area contributed by atoms with Gasteiger partial charge in [-0.1, -0.05) is 17.7 Å². The van der Waals surface area contributed by atoms with Gasteiger partial charge < -0.3 is 5.73 Å². The number of aromatic nitrogens is 2. The zero-order valence-electron chi connectivity index (χ0n) is 12.0. The summed E-state index contributed by atoms with van der Waals surface area (Å²) in [4.78, 5) is 0.198. The van der Waals surface area contributed by atoms with E-state index in [9.17, 15) is 8.42 Å². The van der Waals surface area contributed by atoms with Crippen LogP contribution in [0, 0.1) is 13.8 Å². The lowest BCUT2D eigenvalue weighted by atomic mass is 10.2. The van der Waals surface area contributed by atoms with Gasteiger partial charge in [0.05, 0.1) is 16.1 Å². The molecular weight excluding hydrogens is 366 g/mol. The molecule has 1 heterocycles. The van der Waals surface area contributed by atoms with Crippen LogP contribution in [0.2, 0.25) is 0 Å². The quantitative estimate of drug-likeness (QED) is 0.693. The largest absolute Gasteiger partial charge is 0.398 e. The Balaban J connectivity index is 2.30. The van der Waals surface area contributed by atoms with Gasteiger partial charge in [-0.25, -0.2) is 0 Å². The zero-order valence-corrected chi connectivity index (χ0v) is 14.4. The molecule has 2 aromatic carbocycles. The molecule has 0 unspecified atom stereocenters. The van der Waals surface area contributed by atoms with Crippen LogP contribution in [0.1, 0.15) is 11.3 Å². The number of hydrogen-bond acceptors (Lipinski definition) is 4. The number of rotatable bonds is 2. The van der Waals surface area contributed by atoms with E-state index < -0.39 is 10.0 Å². The van der Waals surface area contributed by atoms with Gasteiger partial charge in [0.15, 0.2) is 0 Å². The maximum absolute atomic E-state index is 12.8. The fourth-order valence-electron chi connectivity index (χ4n) is 2.26. The third kappa shape index (κ3) is 2.30. The fourth-order valence-corrected chi connectivity index (χ4v) is 3.93. The summed E-state index contributed by atoms with van der Waals surface area (Å²) >= 11 is 3.35. The summed E-state index contributed by atoms with van der Waals surface area (Å²) in [6.45, 7) is 3.67. The highest BCUT2D eigenvalue weighted by atomic mass is 79.9. The minimum Gasteiger partial charge on any atom is -0.398 e. The Bertz CT molecular complexity index is 976. The second-order valence-corrected chi connectivity index (χ2v) is 7.76. The van der Waals surface area contributed by atoms with E-state index in [2.05, 4.69) is 21.0 Å². The first-order chi connectivity index (χ1) is 10.3. The monoisotopic (exact) mass is 379 g/mol. The highest BCUT2D eigenvalue weighted by Crippen LogP contribution is 2.30. The molecule has 0 aliphatic carbocycles. The number of hydrogen-bond donors (Lipinski definition) is 1. The maximum atomic E-state index is 12.8. The molecule has 0 aliphatic heterocycles. The molecular formula is C15H14BrN3O2S. The van der Waals surface area contributed by atoms with E-state index in [1.165, 1.54) is 0 Å². The fraction of sp³-hybridized carbons (Fsp3) is 0.133. The van der Waals surface area contributed by atoms with Crippen LogP contribution in [0.15, 0.2) is 45.8 Å². The van der Waals surface area contributed by atoms with Gasteiger partial charge in [0.25, 0.3) is 10.0 Å². The summed E-state index contributed by atoms with van der Waals surface area (Å²) in [6.07, 6.45) is 0. The Morgan fingerprint density at radius 2 is 1.77 bits per heavy atom. The third-order valence-electron chi connectivity index (χ3n) is 3.50. The Morgan fingerprint density at radius 1 is 1.14 bits per heavy atom. The number of nitrogen functional groups attached to an aromatic ring is 1. The van der Waals surface area contributed by atoms with Crippen LogP contribution < -0.4 is 5.73 Å². The van der Waals surface area contributed by atoms with E-state index in [1.54, 1.807) is 43.3 Å². The van der Waals surface area contributed by atoms with Crippen LogP contribution in [0.4, 0.5) is 5.69 Å². The molecule has 2 N–H and O–H groups in total. The Kier molecular flexibility index (Phi) is 3.49. The van der Waals surface area contributed by atoms with E-state index >= 15 is 0 Å². The van der Waals surface area contributed by atoms with Gasteiger partial charge in [0.2, 0.25) is 0 Å². The van der Waals surface area contributed by atoms with Gasteiger partial charge in [0.1, 0.15) is 0 Å². The topological polar surface area (TPSA) is 78.0 Å². The van der Waals surface area contributed by atoms with Gasteiger partial charge in [-0.15, -0.1) is 0 Å². The first kappa shape index (κ1) is 15.1. The van der Waals surface area contributed by atoms with E-state index in [0.29, 0.717) is 16.9 Å². The second-order valence-electron chi connectivity index (χ2n) is 5.14. The van der Waals surface area contributed by atoms with Crippen LogP contribution in [0.25, 0.3) is 10.9 Å². The molecule has 22 heavy (non-hydrogen) atoms. The van der Waals surface area contributed by atoms with Crippen LogP contribution in [0.5, 0.6) is 0 Å². The van der Waals surface area contributed by atoms with Crippen molar-refractivity contribution in [1.29, 1.82) is 0 Å². The summed E-state index contributed by atoms with van der Waals surface area (Å²) in [5.41, 5.74) is 8.44. The van der Waals surface area contributed by atoms with Gasteiger partial charge >= 0.3 is 0 Å². The van der Waals surface area contributed by atoms with Crippen molar-refractivity contribution < 1.29 is 8.42 Å². The lowest BCUT2D eigenvalue weighted by Gasteiger charge is -2.07. The Labute approximate surface area is 136 Å². The van der Waals surface area contributed by atoms with E-state index in [1.807, 2.05) is 6.92 Å². The maximum Gasteiger partial charge on any atom is 0.283 e. The normalized spacial score (nSPS) is 12.0. The van der Waals surface area contributed by atoms with Crippen molar-refractivity contribution in [3.63, 3.8) is 0 Å². The highest BCUT2D eigenvalue weighted by Gasteiger charge is 2.22. The van der Waals surface area contributed by atoms with Crippen LogP contribution in [0.3, 0.4) is 0 Å². The molecule has 0 amide bonds. The number of benzene rings is 2. The van der Waals surface area contributed by atoms with E-state index in [-0.39, 0.29) is 4.90 Å². The van der Waals surface area contributed by atoms with Crippen LogP contribution in [-0.2, 0) is 10.0 Å². The van der Waals surface area contributed by atoms with E-state index in [0.717, 1.165) is 19.5 Å². The zero-order chi connectivity index (χ0) is 16.1. The molecule has 0 radical (unpaired) electrons. The Hall–Kier alpha value is -1.86. The molecule has 0 spiro atoms. The number of nitrogens with zero attached hydrogens (tertiary/aromatic N) is 2. The van der Waals surface area contributed by atoms with Crippen molar-refractivity contribution in [3.8, 4) is 0 Å². The minimum absolute atomic E-state index is 0.198. The summed E-state index contributed by atoms with van der Waals surface area (Å²) in [5.74, 6) is 0. The van der Waals surface area contributed by atoms with Crippen molar-refractivity contribution in [2.45, 2.75) is 18.7 Å². The van der Waals surface area contributed by atoms with Crippen molar-refractivity contribution in [3.05, 3.63) is 52.1 Å². The first-order valence-corrected chi connectivity index (χ1v) is 8.80. The number of fused-ring (bicyclic) bond motifs is 1. The lowest BCUT2D eigenvalue weighted by molar-refractivity contribution is 0.582. The summed E-state index contributed by atoms with van der Waals surface area (Å²) in [6, 6.07) is 10.1. The minimum atomic E-state index is -3.76. The molecule has 3 aromatic rings. The molecule has 0 bridgehead atoms. The second kappa shape index (κ2) is 5.10. The summed E-state index contributed by atoms with van der Waals surface area (Å²) < 4.78 is 27.4. The molecule has 5 nitrogen and oxygen atoms in total. The van der Waals surface area contributed by atoms with Gasteiger partial charge in [-0.3, -0.25) is 0 Å². The summed E-state index contributed by atoms with van der Waals surface area (Å²) in [7, 11) is -3.76. The Morgan fingerprint density at radius 3 is 2.41 bits per heavy atom. The van der Waals surface area contributed by atoms with Gasteiger partial charge in [-0.05, 0) is 54.0 Å². The first-order valence-electron chi connectivity index (χ1n) is 6.57. The average Bonchev–Trinajstić information content (AvgIpc) is 2.78. The predicted molar refractivity (Wildman–Crippen MR) is 90.3 cm³/mol. The highest BCUT2D eigenvalue weighted by molar-refractivity contribution is 9.10. The van der Waals surface area contributed by atoms with Gasteiger partial charge in [0, 0.05) is 15.5 Å². The number of anilines is 1. The molecule has 1 aromatic heterocycles. The molecule has 114 valence electrons. The predicted octanol–water partition coefficient (Wildman–Crippen LogP) is 3.23. The average molecular weight is 380 g/mol.